The second kappa shape index (κ2) is 5.79. The molecule has 1 amide bonds. The van der Waals surface area contributed by atoms with Gasteiger partial charge in [0.15, 0.2) is 0 Å². The summed E-state index contributed by atoms with van der Waals surface area (Å²) in [5, 5.41) is 12.4. The minimum atomic E-state index is -0.848. The second-order valence-electron chi connectivity index (χ2n) is 7.46. The number of amides is 1. The zero-order chi connectivity index (χ0) is 15.8. The highest BCUT2D eigenvalue weighted by atomic mass is 16.4. The van der Waals surface area contributed by atoms with Crippen molar-refractivity contribution in [3.8, 4) is 0 Å². The summed E-state index contributed by atoms with van der Waals surface area (Å²) in [5.74, 6) is -1.80. The van der Waals surface area contributed by atoms with Crippen LogP contribution in [0.1, 0.15) is 20.3 Å². The maximum Gasteiger partial charge on any atom is 0.307 e. The minimum Gasteiger partial charge on any atom is -0.481 e. The zero-order valence-electron chi connectivity index (χ0n) is 13.3. The normalized spacial score (nSPS) is 30.9. The Morgan fingerprint density at radius 2 is 1.81 bits per heavy atom. The highest BCUT2D eigenvalue weighted by Crippen LogP contribution is 2.48. The molecule has 0 aromatic rings. The number of carboxylic acids is 1. The number of hydrogen-bond acceptors (Lipinski definition) is 3. The zero-order valence-corrected chi connectivity index (χ0v) is 13.3. The lowest BCUT2D eigenvalue weighted by molar-refractivity contribution is -0.147. The maximum atomic E-state index is 12.5. The van der Waals surface area contributed by atoms with Crippen LogP contribution in [0.15, 0.2) is 12.2 Å². The number of carbonyl (C=O) groups excluding carboxylic acids is 1. The number of hydrogen-bond donors (Lipinski definition) is 2. The number of allylic oxidation sites excluding steroid dienone is 2. The maximum absolute atomic E-state index is 12.5. The van der Waals surface area contributed by atoms with E-state index in [1.54, 1.807) is 0 Å². The fraction of sp³-hybridized carbons (Fsp3) is 0.750. The van der Waals surface area contributed by atoms with Crippen LogP contribution in [0, 0.1) is 29.1 Å². The fourth-order valence-corrected chi connectivity index (χ4v) is 3.87. The van der Waals surface area contributed by atoms with E-state index in [9.17, 15) is 14.7 Å². The van der Waals surface area contributed by atoms with Crippen LogP contribution in [0.2, 0.25) is 0 Å². The van der Waals surface area contributed by atoms with Crippen molar-refractivity contribution in [2.45, 2.75) is 20.3 Å². The smallest absolute Gasteiger partial charge is 0.307 e. The van der Waals surface area contributed by atoms with E-state index in [1.807, 2.05) is 26.2 Å². The molecule has 1 fully saturated rings. The molecule has 0 heterocycles. The summed E-state index contributed by atoms with van der Waals surface area (Å²) < 4.78 is 0. The summed E-state index contributed by atoms with van der Waals surface area (Å²) >= 11 is 0. The van der Waals surface area contributed by atoms with E-state index < -0.39 is 17.8 Å². The molecule has 0 aromatic carbocycles. The molecule has 2 N–H and O–H groups in total. The number of carboxylic acid groups (broad SMARTS) is 1. The SMILES string of the molecule is CN(C)CC(C)(C)CNC(=O)C1C2C=CC(C2)C1C(=O)O. The Bertz CT molecular complexity index is 456. The van der Waals surface area contributed by atoms with Crippen LogP contribution in [0.4, 0.5) is 0 Å². The monoisotopic (exact) mass is 294 g/mol. The molecule has 0 radical (unpaired) electrons. The van der Waals surface area contributed by atoms with Crippen molar-refractivity contribution in [2.24, 2.45) is 29.1 Å². The molecule has 5 nitrogen and oxygen atoms in total. The molecule has 1 saturated carbocycles. The predicted octanol–water partition coefficient (Wildman–Crippen LogP) is 1.21. The van der Waals surface area contributed by atoms with Gasteiger partial charge in [-0.15, -0.1) is 0 Å². The lowest BCUT2D eigenvalue weighted by Crippen LogP contribution is -2.45. The van der Waals surface area contributed by atoms with E-state index >= 15 is 0 Å². The van der Waals surface area contributed by atoms with E-state index in [2.05, 4.69) is 24.1 Å². The Morgan fingerprint density at radius 1 is 1.24 bits per heavy atom. The van der Waals surface area contributed by atoms with E-state index in [-0.39, 0.29) is 23.2 Å². The van der Waals surface area contributed by atoms with Gasteiger partial charge in [-0.1, -0.05) is 26.0 Å². The van der Waals surface area contributed by atoms with E-state index in [1.165, 1.54) is 0 Å². The van der Waals surface area contributed by atoms with Crippen LogP contribution < -0.4 is 5.32 Å². The molecule has 21 heavy (non-hydrogen) atoms. The number of fused-ring (bicyclic) bond motifs is 2. The quantitative estimate of drug-likeness (QED) is 0.723. The van der Waals surface area contributed by atoms with Gasteiger partial charge >= 0.3 is 5.97 Å². The molecule has 4 atom stereocenters. The Kier molecular flexibility index (Phi) is 4.42. The van der Waals surface area contributed by atoms with E-state index in [0.717, 1.165) is 13.0 Å². The first kappa shape index (κ1) is 16.0. The van der Waals surface area contributed by atoms with Gasteiger partial charge in [0, 0.05) is 13.1 Å². The molecule has 0 aliphatic heterocycles. The molecule has 118 valence electrons. The molecule has 2 bridgehead atoms. The molecule has 4 unspecified atom stereocenters. The highest BCUT2D eigenvalue weighted by molar-refractivity contribution is 5.86. The van der Waals surface area contributed by atoms with Crippen molar-refractivity contribution in [3.05, 3.63) is 12.2 Å². The number of rotatable bonds is 6. The topological polar surface area (TPSA) is 69.6 Å². The average Bonchev–Trinajstić information content (AvgIpc) is 2.94. The number of carbonyl (C=O) groups is 2. The van der Waals surface area contributed by atoms with Gasteiger partial charge in [-0.2, -0.15) is 0 Å². The summed E-state index contributed by atoms with van der Waals surface area (Å²) in [6.07, 6.45) is 4.78. The largest absolute Gasteiger partial charge is 0.481 e. The molecule has 0 spiro atoms. The lowest BCUT2D eigenvalue weighted by Gasteiger charge is -2.30. The van der Waals surface area contributed by atoms with Crippen molar-refractivity contribution < 1.29 is 14.7 Å². The Morgan fingerprint density at radius 3 is 2.33 bits per heavy atom. The second-order valence-corrected chi connectivity index (χ2v) is 7.46. The van der Waals surface area contributed by atoms with Crippen molar-refractivity contribution in [3.63, 3.8) is 0 Å². The van der Waals surface area contributed by atoms with Crippen molar-refractivity contribution in [2.75, 3.05) is 27.2 Å². The summed E-state index contributed by atoms with van der Waals surface area (Å²) in [6.45, 7) is 5.63. The molecular formula is C16H26N2O3. The van der Waals surface area contributed by atoms with Crippen LogP contribution >= 0.6 is 0 Å². The van der Waals surface area contributed by atoms with Gasteiger partial charge in [-0.3, -0.25) is 9.59 Å². The van der Waals surface area contributed by atoms with Crippen LogP contribution in [0.3, 0.4) is 0 Å². The Labute approximate surface area is 126 Å². The summed E-state index contributed by atoms with van der Waals surface area (Å²) in [6, 6.07) is 0. The first-order valence-electron chi connectivity index (χ1n) is 7.55. The van der Waals surface area contributed by atoms with Gasteiger partial charge < -0.3 is 15.3 Å². The van der Waals surface area contributed by atoms with E-state index in [0.29, 0.717) is 6.54 Å². The predicted molar refractivity (Wildman–Crippen MR) is 80.7 cm³/mol. The molecular weight excluding hydrogens is 268 g/mol. The Balaban J connectivity index is 1.97. The molecule has 2 rings (SSSR count). The number of nitrogens with zero attached hydrogens (tertiary/aromatic N) is 1. The van der Waals surface area contributed by atoms with Crippen LogP contribution in [0.5, 0.6) is 0 Å². The standard InChI is InChI=1S/C16H26N2O3/c1-16(2,9-18(3)4)8-17-14(19)12-10-5-6-11(7-10)13(12)15(20)21/h5-6,10-13H,7-9H2,1-4H3,(H,17,19)(H,20,21). The van der Waals surface area contributed by atoms with Gasteiger partial charge in [-0.25, -0.2) is 0 Å². The average molecular weight is 294 g/mol. The van der Waals surface area contributed by atoms with Gasteiger partial charge in [0.2, 0.25) is 5.91 Å². The first-order valence-corrected chi connectivity index (χ1v) is 7.55. The number of aliphatic carboxylic acids is 1. The third-order valence-electron chi connectivity index (χ3n) is 4.53. The van der Waals surface area contributed by atoms with Gasteiger partial charge in [-0.05, 0) is 37.8 Å². The third-order valence-corrected chi connectivity index (χ3v) is 4.53. The highest BCUT2D eigenvalue weighted by Gasteiger charge is 2.51. The van der Waals surface area contributed by atoms with Crippen LogP contribution in [-0.2, 0) is 9.59 Å². The van der Waals surface area contributed by atoms with Gasteiger partial charge in [0.25, 0.3) is 0 Å². The third kappa shape index (κ3) is 3.46. The molecule has 2 aliphatic carbocycles. The van der Waals surface area contributed by atoms with E-state index in [4.69, 9.17) is 0 Å². The molecule has 2 aliphatic rings. The summed E-state index contributed by atoms with van der Waals surface area (Å²) in [7, 11) is 4.01. The minimum absolute atomic E-state index is 0.0260. The van der Waals surface area contributed by atoms with Crippen molar-refractivity contribution in [1.29, 1.82) is 0 Å². The fourth-order valence-electron chi connectivity index (χ4n) is 3.87. The number of nitrogens with one attached hydrogen (secondary N) is 1. The lowest BCUT2D eigenvalue weighted by atomic mass is 9.82. The van der Waals surface area contributed by atoms with Gasteiger partial charge in [0.05, 0.1) is 11.8 Å². The molecule has 0 aromatic heterocycles. The van der Waals surface area contributed by atoms with Crippen molar-refractivity contribution in [1.82, 2.24) is 10.2 Å². The summed E-state index contributed by atoms with van der Waals surface area (Å²) in [4.78, 5) is 26.0. The van der Waals surface area contributed by atoms with Crippen LogP contribution in [0.25, 0.3) is 0 Å². The van der Waals surface area contributed by atoms with Gasteiger partial charge in [0.1, 0.15) is 0 Å². The molecule has 0 saturated heterocycles. The van der Waals surface area contributed by atoms with Crippen LogP contribution in [-0.4, -0.2) is 49.1 Å². The van der Waals surface area contributed by atoms with Crippen molar-refractivity contribution >= 4 is 11.9 Å². The Hall–Kier alpha value is -1.36. The first-order chi connectivity index (χ1) is 9.71. The molecule has 5 heteroatoms. The summed E-state index contributed by atoms with van der Waals surface area (Å²) in [5.41, 5.74) is -0.0364.